The first-order valence-corrected chi connectivity index (χ1v) is 5.21. The molecule has 1 unspecified atom stereocenters. The molecule has 0 rings (SSSR count). The summed E-state index contributed by atoms with van der Waals surface area (Å²) in [5.74, 6) is 0. The van der Waals surface area contributed by atoms with E-state index in [1.165, 1.54) is 5.57 Å². The third-order valence-corrected chi connectivity index (χ3v) is 2.38. The highest BCUT2D eigenvalue weighted by Gasteiger charge is 2.21. The van der Waals surface area contributed by atoms with Crippen LogP contribution in [0.5, 0.6) is 0 Å². The normalized spacial score (nSPS) is 13.6. The van der Waals surface area contributed by atoms with Crippen molar-refractivity contribution in [1.82, 2.24) is 0 Å². The van der Waals surface area contributed by atoms with Crippen LogP contribution in [-0.2, 0) is 0 Å². The molecule has 0 spiro atoms. The summed E-state index contributed by atoms with van der Waals surface area (Å²) in [6.07, 6.45) is 3.66. The van der Waals surface area contributed by atoms with Gasteiger partial charge in [0.25, 0.3) is 0 Å². The van der Waals surface area contributed by atoms with Crippen LogP contribution < -0.4 is 0 Å². The number of allylic oxidation sites excluding steroid dienone is 2. The third-order valence-electron chi connectivity index (χ3n) is 2.38. The Morgan fingerprint density at radius 3 is 2.21 bits per heavy atom. The van der Waals surface area contributed by atoms with Gasteiger partial charge in [-0.2, -0.15) is 0 Å². The van der Waals surface area contributed by atoms with E-state index in [0.717, 1.165) is 18.4 Å². The fourth-order valence-corrected chi connectivity index (χ4v) is 1.26. The lowest BCUT2D eigenvalue weighted by Gasteiger charge is -2.26. The van der Waals surface area contributed by atoms with Gasteiger partial charge in [-0.1, -0.05) is 37.6 Å². The predicted octanol–water partition coefficient (Wildman–Crippen LogP) is 3.70. The number of aliphatic hydroxyl groups is 1. The number of rotatable bonds is 5. The SMILES string of the molecule is C=C(C)C(O)CC(C)(C)CC=C(C)C. The predicted molar refractivity (Wildman–Crippen MR) is 63.3 cm³/mol. The molecule has 0 aromatic heterocycles. The van der Waals surface area contributed by atoms with Gasteiger partial charge in [-0.15, -0.1) is 0 Å². The molecular weight excluding hydrogens is 172 g/mol. The van der Waals surface area contributed by atoms with Crippen LogP contribution in [0.1, 0.15) is 47.5 Å². The molecule has 14 heavy (non-hydrogen) atoms. The molecule has 0 heterocycles. The fraction of sp³-hybridized carbons (Fsp3) is 0.692. The summed E-state index contributed by atoms with van der Waals surface area (Å²) in [6, 6.07) is 0. The van der Waals surface area contributed by atoms with Crippen LogP contribution in [0.15, 0.2) is 23.8 Å². The zero-order valence-electron chi connectivity index (χ0n) is 10.2. The van der Waals surface area contributed by atoms with Gasteiger partial charge in [0, 0.05) is 0 Å². The molecule has 0 amide bonds. The number of hydrogen-bond donors (Lipinski definition) is 1. The molecule has 1 atom stereocenters. The van der Waals surface area contributed by atoms with Crippen molar-refractivity contribution in [3.63, 3.8) is 0 Å². The van der Waals surface area contributed by atoms with E-state index in [1.54, 1.807) is 0 Å². The van der Waals surface area contributed by atoms with Gasteiger partial charge in [0.2, 0.25) is 0 Å². The van der Waals surface area contributed by atoms with Crippen molar-refractivity contribution in [2.75, 3.05) is 0 Å². The van der Waals surface area contributed by atoms with E-state index >= 15 is 0 Å². The maximum absolute atomic E-state index is 9.71. The Hall–Kier alpha value is -0.560. The summed E-state index contributed by atoms with van der Waals surface area (Å²) in [5, 5.41) is 9.71. The van der Waals surface area contributed by atoms with Gasteiger partial charge < -0.3 is 5.11 Å². The van der Waals surface area contributed by atoms with Crippen LogP contribution in [0.2, 0.25) is 0 Å². The topological polar surface area (TPSA) is 20.2 Å². The molecule has 1 nitrogen and oxygen atoms in total. The Kier molecular flexibility index (Phi) is 5.14. The van der Waals surface area contributed by atoms with Crippen LogP contribution in [0.25, 0.3) is 0 Å². The zero-order chi connectivity index (χ0) is 11.4. The zero-order valence-corrected chi connectivity index (χ0v) is 10.2. The van der Waals surface area contributed by atoms with Crippen molar-refractivity contribution in [3.05, 3.63) is 23.8 Å². The van der Waals surface area contributed by atoms with E-state index in [9.17, 15) is 5.11 Å². The Morgan fingerprint density at radius 1 is 1.36 bits per heavy atom. The summed E-state index contributed by atoms with van der Waals surface area (Å²) in [4.78, 5) is 0. The van der Waals surface area contributed by atoms with Crippen LogP contribution in [0.4, 0.5) is 0 Å². The maximum atomic E-state index is 9.71. The van der Waals surface area contributed by atoms with Gasteiger partial charge in [-0.3, -0.25) is 0 Å². The highest BCUT2D eigenvalue weighted by Crippen LogP contribution is 2.29. The molecule has 0 aliphatic carbocycles. The van der Waals surface area contributed by atoms with E-state index in [1.807, 2.05) is 6.92 Å². The Bertz CT molecular complexity index is 219. The van der Waals surface area contributed by atoms with Crippen molar-refractivity contribution in [2.24, 2.45) is 5.41 Å². The van der Waals surface area contributed by atoms with Gasteiger partial charge in [0.15, 0.2) is 0 Å². The highest BCUT2D eigenvalue weighted by atomic mass is 16.3. The van der Waals surface area contributed by atoms with Gasteiger partial charge in [-0.25, -0.2) is 0 Å². The average molecular weight is 196 g/mol. The largest absolute Gasteiger partial charge is 0.389 e. The van der Waals surface area contributed by atoms with Crippen molar-refractivity contribution in [2.45, 2.75) is 53.6 Å². The molecule has 0 aliphatic heterocycles. The first-order valence-electron chi connectivity index (χ1n) is 5.21. The molecule has 0 saturated carbocycles. The summed E-state index contributed by atoms with van der Waals surface area (Å²) >= 11 is 0. The Labute approximate surface area is 88.5 Å². The van der Waals surface area contributed by atoms with Crippen molar-refractivity contribution < 1.29 is 5.11 Å². The maximum Gasteiger partial charge on any atom is 0.0750 e. The summed E-state index contributed by atoms with van der Waals surface area (Å²) in [7, 11) is 0. The smallest absolute Gasteiger partial charge is 0.0750 e. The molecule has 0 radical (unpaired) electrons. The molecule has 0 saturated heterocycles. The van der Waals surface area contributed by atoms with Crippen molar-refractivity contribution >= 4 is 0 Å². The summed E-state index contributed by atoms with van der Waals surface area (Å²) in [6.45, 7) is 14.2. The average Bonchev–Trinajstić information content (AvgIpc) is 2.00. The first-order chi connectivity index (χ1) is 6.24. The van der Waals surface area contributed by atoms with Gasteiger partial charge in [0.05, 0.1) is 6.10 Å². The van der Waals surface area contributed by atoms with E-state index < -0.39 is 0 Å². The molecular formula is C13H24O. The number of aliphatic hydroxyl groups excluding tert-OH is 1. The first kappa shape index (κ1) is 13.4. The second-order valence-electron chi connectivity index (χ2n) is 5.22. The summed E-state index contributed by atoms with van der Waals surface area (Å²) in [5.41, 5.74) is 2.34. The highest BCUT2D eigenvalue weighted by molar-refractivity contribution is 5.01. The minimum Gasteiger partial charge on any atom is -0.389 e. The van der Waals surface area contributed by atoms with Crippen LogP contribution in [0.3, 0.4) is 0 Å². The minimum atomic E-state index is -0.365. The lowest BCUT2D eigenvalue weighted by molar-refractivity contribution is 0.144. The molecule has 1 heteroatoms. The molecule has 1 N–H and O–H groups in total. The molecule has 0 fully saturated rings. The Morgan fingerprint density at radius 2 is 1.86 bits per heavy atom. The second-order valence-corrected chi connectivity index (χ2v) is 5.22. The Balaban J connectivity index is 4.20. The van der Waals surface area contributed by atoms with E-state index in [0.29, 0.717) is 0 Å². The van der Waals surface area contributed by atoms with E-state index in [-0.39, 0.29) is 11.5 Å². The number of hydrogen-bond acceptors (Lipinski definition) is 1. The van der Waals surface area contributed by atoms with Crippen LogP contribution in [0, 0.1) is 5.41 Å². The molecule has 0 aliphatic rings. The second kappa shape index (κ2) is 5.35. The quantitative estimate of drug-likeness (QED) is 0.665. The molecule has 82 valence electrons. The standard InChI is InChI=1S/C13H24O/c1-10(2)7-8-13(5,6)9-12(14)11(3)4/h7,12,14H,3,8-9H2,1-2,4-6H3. The lowest BCUT2D eigenvalue weighted by atomic mass is 9.81. The fourth-order valence-electron chi connectivity index (χ4n) is 1.26. The third kappa shape index (κ3) is 5.98. The molecule has 0 aromatic rings. The minimum absolute atomic E-state index is 0.148. The van der Waals surface area contributed by atoms with Gasteiger partial charge >= 0.3 is 0 Å². The van der Waals surface area contributed by atoms with Crippen molar-refractivity contribution in [3.8, 4) is 0 Å². The van der Waals surface area contributed by atoms with Crippen molar-refractivity contribution in [1.29, 1.82) is 0 Å². The van der Waals surface area contributed by atoms with Gasteiger partial charge in [-0.05, 0) is 39.0 Å². The van der Waals surface area contributed by atoms with Crippen LogP contribution in [-0.4, -0.2) is 11.2 Å². The van der Waals surface area contributed by atoms with E-state index in [4.69, 9.17) is 0 Å². The van der Waals surface area contributed by atoms with Crippen LogP contribution >= 0.6 is 0 Å². The lowest BCUT2D eigenvalue weighted by Crippen LogP contribution is -2.20. The summed E-state index contributed by atoms with van der Waals surface area (Å²) < 4.78 is 0. The molecule has 0 aromatic carbocycles. The monoisotopic (exact) mass is 196 g/mol. The van der Waals surface area contributed by atoms with E-state index in [2.05, 4.69) is 40.3 Å². The molecule has 0 bridgehead atoms. The van der Waals surface area contributed by atoms with Gasteiger partial charge in [0.1, 0.15) is 0 Å².